The average molecular weight is 484 g/mol. The Bertz CT molecular complexity index is 883. The number of carbonyl (C=O) groups is 2. The molecule has 0 bridgehead atoms. The van der Waals surface area contributed by atoms with Crippen LogP contribution in [0.15, 0.2) is 24.5 Å². The predicted molar refractivity (Wildman–Crippen MR) is 139 cm³/mol. The quantitative estimate of drug-likeness (QED) is 0.663. The first-order chi connectivity index (χ1) is 16.6. The summed E-state index contributed by atoms with van der Waals surface area (Å²) in [5, 5.41) is 6.60. The van der Waals surface area contributed by atoms with E-state index in [2.05, 4.69) is 55.3 Å². The maximum absolute atomic E-state index is 13.2. The molecule has 2 aliphatic carbocycles. The van der Waals surface area contributed by atoms with E-state index in [1.54, 1.807) is 24.5 Å². The molecule has 3 fully saturated rings. The third-order valence-corrected chi connectivity index (χ3v) is 9.65. The smallest absolute Gasteiger partial charge is 0.317 e. The number of hydrogen-bond acceptors (Lipinski definition) is 4. The van der Waals surface area contributed by atoms with Crippen molar-refractivity contribution in [2.24, 2.45) is 28.6 Å². The van der Waals surface area contributed by atoms with Gasteiger partial charge in [0, 0.05) is 51.2 Å². The van der Waals surface area contributed by atoms with Crippen molar-refractivity contribution in [3.63, 3.8) is 0 Å². The van der Waals surface area contributed by atoms with Crippen LogP contribution in [0, 0.1) is 28.6 Å². The molecule has 35 heavy (non-hydrogen) atoms. The van der Waals surface area contributed by atoms with Gasteiger partial charge in [0.25, 0.3) is 5.91 Å². The van der Waals surface area contributed by atoms with E-state index >= 15 is 0 Å². The van der Waals surface area contributed by atoms with Gasteiger partial charge in [0.1, 0.15) is 0 Å². The van der Waals surface area contributed by atoms with Gasteiger partial charge in [-0.2, -0.15) is 0 Å². The van der Waals surface area contributed by atoms with E-state index in [0.29, 0.717) is 29.9 Å². The van der Waals surface area contributed by atoms with Crippen LogP contribution in [-0.4, -0.2) is 72.5 Å². The van der Waals surface area contributed by atoms with Crippen LogP contribution in [0.4, 0.5) is 4.79 Å². The lowest BCUT2D eigenvalue weighted by molar-refractivity contribution is -0.106. The molecule has 3 aliphatic rings. The zero-order valence-electron chi connectivity index (χ0n) is 22.3. The second-order valence-electron chi connectivity index (χ2n) is 12.2. The molecule has 2 saturated carbocycles. The van der Waals surface area contributed by atoms with Crippen molar-refractivity contribution >= 4 is 11.9 Å². The van der Waals surface area contributed by atoms with E-state index < -0.39 is 0 Å². The summed E-state index contributed by atoms with van der Waals surface area (Å²) in [4.78, 5) is 34.2. The second kappa shape index (κ2) is 10.5. The number of nitrogens with one attached hydrogen (secondary N) is 2. The van der Waals surface area contributed by atoms with Crippen LogP contribution in [0.25, 0.3) is 0 Å². The molecule has 1 aromatic rings. The summed E-state index contributed by atoms with van der Waals surface area (Å²) in [5.41, 5.74) is 1.07. The molecule has 1 aliphatic heterocycles. The summed E-state index contributed by atoms with van der Waals surface area (Å²) < 4.78 is 0. The third kappa shape index (κ3) is 5.50. The summed E-state index contributed by atoms with van der Waals surface area (Å²) in [6.45, 7) is 13.7. The van der Waals surface area contributed by atoms with Crippen molar-refractivity contribution in [3.8, 4) is 0 Å². The Kier molecular flexibility index (Phi) is 7.74. The van der Waals surface area contributed by atoms with Gasteiger partial charge in [-0.1, -0.05) is 34.1 Å². The number of aromatic nitrogens is 1. The minimum atomic E-state index is -0.0628. The topological polar surface area (TPSA) is 77.6 Å². The Hall–Kier alpha value is -2.15. The lowest BCUT2D eigenvalue weighted by Crippen LogP contribution is -2.61. The number of rotatable bonds is 5. The molecule has 2 heterocycles. The van der Waals surface area contributed by atoms with E-state index in [9.17, 15) is 9.59 Å². The van der Waals surface area contributed by atoms with Gasteiger partial charge >= 0.3 is 6.03 Å². The Morgan fingerprint density at radius 3 is 2.57 bits per heavy atom. The first-order valence-corrected chi connectivity index (χ1v) is 13.5. The van der Waals surface area contributed by atoms with Crippen LogP contribution < -0.4 is 10.6 Å². The zero-order valence-corrected chi connectivity index (χ0v) is 22.3. The van der Waals surface area contributed by atoms with Crippen molar-refractivity contribution in [3.05, 3.63) is 30.1 Å². The van der Waals surface area contributed by atoms with E-state index in [-0.39, 0.29) is 28.8 Å². The number of fused-ring (bicyclic) bond motifs is 1. The molecule has 5 atom stereocenters. The van der Waals surface area contributed by atoms with Crippen LogP contribution in [0.2, 0.25) is 0 Å². The zero-order chi connectivity index (χ0) is 25.2. The molecule has 0 radical (unpaired) electrons. The average Bonchev–Trinajstić information content (AvgIpc) is 2.83. The fourth-order valence-corrected chi connectivity index (χ4v) is 7.53. The van der Waals surface area contributed by atoms with Crippen molar-refractivity contribution in [2.45, 2.75) is 65.8 Å². The Morgan fingerprint density at radius 1 is 1.14 bits per heavy atom. The molecule has 3 amide bonds. The number of hydrogen-bond donors (Lipinski definition) is 2. The highest BCUT2D eigenvalue weighted by molar-refractivity contribution is 5.93. The molecule has 1 aromatic heterocycles. The van der Waals surface area contributed by atoms with Crippen molar-refractivity contribution in [2.75, 3.05) is 39.8 Å². The van der Waals surface area contributed by atoms with E-state index in [1.165, 1.54) is 19.3 Å². The van der Waals surface area contributed by atoms with Gasteiger partial charge in [-0.15, -0.1) is 0 Å². The highest BCUT2D eigenvalue weighted by Gasteiger charge is 2.56. The lowest BCUT2D eigenvalue weighted by atomic mass is 9.45. The summed E-state index contributed by atoms with van der Waals surface area (Å²) in [5.74, 6) is 1.29. The van der Waals surface area contributed by atoms with Crippen LogP contribution in [0.5, 0.6) is 0 Å². The molecule has 7 heteroatoms. The van der Waals surface area contributed by atoms with Gasteiger partial charge in [0.2, 0.25) is 0 Å². The number of piperazine rings is 1. The minimum Gasteiger partial charge on any atom is -0.352 e. The van der Waals surface area contributed by atoms with Crippen molar-refractivity contribution in [1.29, 1.82) is 0 Å². The van der Waals surface area contributed by atoms with Crippen LogP contribution >= 0.6 is 0 Å². The molecule has 2 N–H and O–H groups in total. The first-order valence-electron chi connectivity index (χ1n) is 13.5. The highest BCUT2D eigenvalue weighted by atomic mass is 16.2. The van der Waals surface area contributed by atoms with Gasteiger partial charge < -0.3 is 20.4 Å². The maximum atomic E-state index is 13.2. The lowest BCUT2D eigenvalue weighted by Gasteiger charge is -2.61. The Balaban J connectivity index is 1.47. The molecule has 0 spiro atoms. The number of nitrogens with zero attached hydrogens (tertiary/aromatic N) is 3. The Labute approximate surface area is 211 Å². The fraction of sp³-hybridized carbons (Fsp3) is 0.750. The minimum absolute atomic E-state index is 0.0628. The van der Waals surface area contributed by atoms with Gasteiger partial charge in [0.15, 0.2) is 0 Å². The van der Waals surface area contributed by atoms with Crippen LogP contribution in [0.3, 0.4) is 0 Å². The predicted octanol–water partition coefficient (Wildman–Crippen LogP) is 4.02. The SMILES string of the molecule is C[C@@H]1[C@H](NC(=O)N2CCN(C)CC2)CC2C(C)(C)CCC[C@]2(C)[C@H]1CCNC(=O)c1cccnc1. The summed E-state index contributed by atoms with van der Waals surface area (Å²) in [7, 11) is 2.11. The number of likely N-dealkylation sites (N-methyl/N-ethyl adjacent to an activating group) is 1. The summed E-state index contributed by atoms with van der Waals surface area (Å²) >= 11 is 0. The largest absolute Gasteiger partial charge is 0.352 e. The van der Waals surface area contributed by atoms with Gasteiger partial charge in [-0.3, -0.25) is 9.78 Å². The molecular formula is C28H45N5O2. The van der Waals surface area contributed by atoms with E-state index in [0.717, 1.165) is 39.0 Å². The van der Waals surface area contributed by atoms with E-state index in [1.807, 2.05) is 4.90 Å². The third-order valence-electron chi connectivity index (χ3n) is 9.65. The monoisotopic (exact) mass is 483 g/mol. The Morgan fingerprint density at radius 2 is 1.89 bits per heavy atom. The normalized spacial score (nSPS) is 33.0. The molecule has 7 nitrogen and oxygen atoms in total. The van der Waals surface area contributed by atoms with Crippen LogP contribution in [-0.2, 0) is 0 Å². The highest BCUT2D eigenvalue weighted by Crippen LogP contribution is 2.61. The molecule has 1 unspecified atom stereocenters. The first kappa shape index (κ1) is 25.9. The fourth-order valence-electron chi connectivity index (χ4n) is 7.53. The molecule has 194 valence electrons. The molecule has 4 rings (SSSR count). The maximum Gasteiger partial charge on any atom is 0.317 e. The summed E-state index contributed by atoms with van der Waals surface area (Å²) in [6, 6.07) is 3.85. The van der Waals surface area contributed by atoms with Gasteiger partial charge in [-0.05, 0) is 73.4 Å². The van der Waals surface area contributed by atoms with Crippen molar-refractivity contribution in [1.82, 2.24) is 25.4 Å². The number of amides is 3. The van der Waals surface area contributed by atoms with Gasteiger partial charge in [-0.25, -0.2) is 4.79 Å². The molecule has 1 saturated heterocycles. The number of carbonyl (C=O) groups excluding carboxylic acids is 2. The van der Waals surface area contributed by atoms with E-state index in [4.69, 9.17) is 0 Å². The standard InChI is InChI=1S/C28H45N5O2/c1-20-22(9-13-30-25(34)21-8-6-12-29-19-21)28(4)11-7-10-27(2,3)24(28)18-23(20)31-26(35)33-16-14-32(5)15-17-33/h6,8,12,19-20,22-24H,7,9-11,13-18H2,1-5H3,(H,30,34)(H,31,35)/t20-,22-,23+,24?,28+/m0/s1. The number of urea groups is 1. The molecular weight excluding hydrogens is 438 g/mol. The van der Waals surface area contributed by atoms with Crippen LogP contribution in [0.1, 0.15) is 70.2 Å². The van der Waals surface area contributed by atoms with Gasteiger partial charge in [0.05, 0.1) is 5.56 Å². The number of pyridine rings is 1. The molecule has 0 aromatic carbocycles. The van der Waals surface area contributed by atoms with Crippen molar-refractivity contribution < 1.29 is 9.59 Å². The summed E-state index contributed by atoms with van der Waals surface area (Å²) in [6.07, 6.45) is 8.99. The second-order valence-corrected chi connectivity index (χ2v) is 12.2.